The van der Waals surface area contributed by atoms with Crippen molar-refractivity contribution in [2.24, 2.45) is 0 Å². The summed E-state index contributed by atoms with van der Waals surface area (Å²) in [7, 11) is 0. The Morgan fingerprint density at radius 1 is 1.19 bits per heavy atom. The van der Waals surface area contributed by atoms with Crippen molar-refractivity contribution in [1.82, 2.24) is 14.8 Å². The van der Waals surface area contributed by atoms with Crippen molar-refractivity contribution in [2.45, 2.75) is 30.8 Å². The number of hydrogen-bond donors (Lipinski definition) is 1. The van der Waals surface area contributed by atoms with Crippen LogP contribution in [0.25, 0.3) is 0 Å². The van der Waals surface area contributed by atoms with Crippen molar-refractivity contribution in [1.29, 1.82) is 0 Å². The maximum atomic E-state index is 13.7. The Hall–Kier alpha value is -2.74. The van der Waals surface area contributed by atoms with E-state index in [4.69, 9.17) is 0 Å². The molecule has 1 heterocycles. The summed E-state index contributed by atoms with van der Waals surface area (Å²) in [5, 5.41) is 10.8. The van der Waals surface area contributed by atoms with Gasteiger partial charge in [0.1, 0.15) is 17.5 Å². The zero-order valence-corrected chi connectivity index (χ0v) is 15.6. The Bertz CT molecular complexity index is 946. The fourth-order valence-corrected chi connectivity index (χ4v) is 3.33. The molecule has 0 saturated heterocycles. The molecule has 0 aliphatic rings. The van der Waals surface area contributed by atoms with Crippen molar-refractivity contribution < 1.29 is 13.6 Å². The van der Waals surface area contributed by atoms with Gasteiger partial charge in [0, 0.05) is 6.07 Å². The van der Waals surface area contributed by atoms with Crippen molar-refractivity contribution in [3.05, 3.63) is 71.6 Å². The zero-order valence-electron chi connectivity index (χ0n) is 14.8. The first-order chi connectivity index (χ1) is 12.9. The maximum Gasteiger partial charge on any atom is 0.237 e. The molecule has 27 heavy (non-hydrogen) atoms. The summed E-state index contributed by atoms with van der Waals surface area (Å²) in [5.74, 6) is -1.18. The fourth-order valence-electron chi connectivity index (χ4n) is 2.43. The lowest BCUT2D eigenvalue weighted by Gasteiger charge is -2.13. The van der Waals surface area contributed by atoms with E-state index in [2.05, 4.69) is 15.5 Å². The number of benzene rings is 2. The van der Waals surface area contributed by atoms with E-state index in [-0.39, 0.29) is 5.69 Å². The number of carbonyl (C=O) groups excluding carboxylic acids is 1. The summed E-state index contributed by atoms with van der Waals surface area (Å²) in [5.41, 5.74) is 1.03. The van der Waals surface area contributed by atoms with Crippen LogP contribution in [0, 0.1) is 18.6 Å². The molecule has 3 rings (SSSR count). The SMILES string of the molecule is Cc1nnc(SC(C)C(=O)Nc2ccc(F)cc2F)n1Cc1ccccc1. The summed E-state index contributed by atoms with van der Waals surface area (Å²) in [6.07, 6.45) is 0. The van der Waals surface area contributed by atoms with Gasteiger partial charge in [-0.2, -0.15) is 0 Å². The van der Waals surface area contributed by atoms with Gasteiger partial charge in [0.2, 0.25) is 5.91 Å². The summed E-state index contributed by atoms with van der Waals surface area (Å²) < 4.78 is 28.6. The topological polar surface area (TPSA) is 59.8 Å². The summed E-state index contributed by atoms with van der Waals surface area (Å²) >= 11 is 1.23. The standard InChI is InChI=1S/C19H18F2N4OS/c1-12(18(26)22-17-9-8-15(20)10-16(17)21)27-19-24-23-13(2)25(19)11-14-6-4-3-5-7-14/h3-10,12H,11H2,1-2H3,(H,22,26). The molecular weight excluding hydrogens is 370 g/mol. The monoisotopic (exact) mass is 388 g/mol. The van der Waals surface area contributed by atoms with Gasteiger partial charge in [-0.15, -0.1) is 10.2 Å². The summed E-state index contributed by atoms with van der Waals surface area (Å²) in [6, 6.07) is 12.9. The second-order valence-corrected chi connectivity index (χ2v) is 7.28. The van der Waals surface area contributed by atoms with Gasteiger partial charge in [-0.1, -0.05) is 42.1 Å². The molecule has 1 aromatic heterocycles. The second-order valence-electron chi connectivity index (χ2n) is 5.98. The van der Waals surface area contributed by atoms with E-state index in [1.165, 1.54) is 17.8 Å². The van der Waals surface area contributed by atoms with Crippen LogP contribution in [0.1, 0.15) is 18.3 Å². The predicted octanol–water partition coefficient (Wildman–Crippen LogP) is 4.03. The van der Waals surface area contributed by atoms with E-state index in [9.17, 15) is 13.6 Å². The number of carbonyl (C=O) groups is 1. The molecule has 1 atom stereocenters. The Morgan fingerprint density at radius 3 is 2.63 bits per heavy atom. The number of thioether (sulfide) groups is 1. The third-order valence-electron chi connectivity index (χ3n) is 3.93. The molecule has 3 aromatic rings. The van der Waals surface area contributed by atoms with E-state index in [0.29, 0.717) is 11.7 Å². The van der Waals surface area contributed by atoms with Crippen LogP contribution in [0.4, 0.5) is 14.5 Å². The lowest BCUT2D eigenvalue weighted by Crippen LogP contribution is -2.23. The third kappa shape index (κ3) is 4.71. The van der Waals surface area contributed by atoms with Gasteiger partial charge < -0.3 is 9.88 Å². The highest BCUT2D eigenvalue weighted by Crippen LogP contribution is 2.25. The van der Waals surface area contributed by atoms with Crippen LogP contribution in [0.5, 0.6) is 0 Å². The van der Waals surface area contributed by atoms with Gasteiger partial charge in [-0.05, 0) is 31.5 Å². The summed E-state index contributed by atoms with van der Waals surface area (Å²) in [4.78, 5) is 12.4. The van der Waals surface area contributed by atoms with Crippen LogP contribution < -0.4 is 5.32 Å². The highest BCUT2D eigenvalue weighted by molar-refractivity contribution is 8.00. The first-order valence-electron chi connectivity index (χ1n) is 8.30. The number of nitrogens with zero attached hydrogens (tertiary/aromatic N) is 3. The van der Waals surface area contributed by atoms with Crippen LogP contribution in [0.3, 0.4) is 0 Å². The maximum absolute atomic E-state index is 13.7. The van der Waals surface area contributed by atoms with E-state index < -0.39 is 22.8 Å². The first kappa shape index (κ1) is 19.0. The van der Waals surface area contributed by atoms with Crippen molar-refractivity contribution in [3.8, 4) is 0 Å². The van der Waals surface area contributed by atoms with E-state index in [1.54, 1.807) is 6.92 Å². The highest BCUT2D eigenvalue weighted by atomic mass is 32.2. The smallest absolute Gasteiger partial charge is 0.237 e. The summed E-state index contributed by atoms with van der Waals surface area (Å²) in [6.45, 7) is 4.12. The fraction of sp³-hybridized carbons (Fsp3) is 0.211. The molecule has 140 valence electrons. The van der Waals surface area contributed by atoms with Crippen molar-refractivity contribution >= 4 is 23.4 Å². The van der Waals surface area contributed by atoms with Gasteiger partial charge in [0.15, 0.2) is 5.16 Å². The molecule has 1 amide bonds. The quantitative estimate of drug-likeness (QED) is 0.648. The number of amides is 1. The number of anilines is 1. The van der Waals surface area contributed by atoms with Crippen LogP contribution in [0.15, 0.2) is 53.7 Å². The zero-order chi connectivity index (χ0) is 19.4. The molecular formula is C19H18F2N4OS. The van der Waals surface area contributed by atoms with Crippen LogP contribution >= 0.6 is 11.8 Å². The number of rotatable bonds is 6. The molecule has 0 bridgehead atoms. The molecule has 0 aliphatic heterocycles. The molecule has 0 radical (unpaired) electrons. The number of aromatic nitrogens is 3. The normalized spacial score (nSPS) is 12.0. The van der Waals surface area contributed by atoms with Crippen LogP contribution in [0.2, 0.25) is 0 Å². The largest absolute Gasteiger partial charge is 0.323 e. The Balaban J connectivity index is 1.70. The average molecular weight is 388 g/mol. The van der Waals surface area contributed by atoms with Crippen molar-refractivity contribution in [2.75, 3.05) is 5.32 Å². The average Bonchev–Trinajstić information content (AvgIpc) is 2.98. The molecule has 0 saturated carbocycles. The molecule has 5 nitrogen and oxygen atoms in total. The van der Waals surface area contributed by atoms with Gasteiger partial charge in [-0.3, -0.25) is 4.79 Å². The number of aryl methyl sites for hydroxylation is 1. The van der Waals surface area contributed by atoms with Crippen LogP contribution in [-0.2, 0) is 11.3 Å². The molecule has 0 spiro atoms. The Labute approximate surface area is 159 Å². The van der Waals surface area contributed by atoms with E-state index in [1.807, 2.05) is 41.8 Å². The van der Waals surface area contributed by atoms with E-state index in [0.717, 1.165) is 23.5 Å². The molecule has 1 unspecified atom stereocenters. The van der Waals surface area contributed by atoms with Gasteiger partial charge in [0.25, 0.3) is 0 Å². The highest BCUT2D eigenvalue weighted by Gasteiger charge is 2.20. The second kappa shape index (κ2) is 8.30. The van der Waals surface area contributed by atoms with E-state index >= 15 is 0 Å². The van der Waals surface area contributed by atoms with Gasteiger partial charge in [0.05, 0.1) is 17.5 Å². The van der Waals surface area contributed by atoms with Crippen LogP contribution in [-0.4, -0.2) is 25.9 Å². The van der Waals surface area contributed by atoms with Gasteiger partial charge in [-0.25, -0.2) is 8.78 Å². The first-order valence-corrected chi connectivity index (χ1v) is 9.18. The molecule has 0 fully saturated rings. The molecule has 0 aliphatic carbocycles. The third-order valence-corrected chi connectivity index (χ3v) is 5.01. The number of halogens is 2. The minimum absolute atomic E-state index is 0.0595. The molecule has 8 heteroatoms. The minimum atomic E-state index is -0.816. The Kier molecular flexibility index (Phi) is 5.85. The number of hydrogen-bond acceptors (Lipinski definition) is 4. The molecule has 2 aromatic carbocycles. The number of nitrogens with one attached hydrogen (secondary N) is 1. The molecule has 1 N–H and O–H groups in total. The predicted molar refractivity (Wildman–Crippen MR) is 101 cm³/mol. The van der Waals surface area contributed by atoms with Crippen molar-refractivity contribution in [3.63, 3.8) is 0 Å². The minimum Gasteiger partial charge on any atom is -0.323 e. The lowest BCUT2D eigenvalue weighted by molar-refractivity contribution is -0.115. The lowest BCUT2D eigenvalue weighted by atomic mass is 10.2. The van der Waals surface area contributed by atoms with Gasteiger partial charge >= 0.3 is 0 Å². The Morgan fingerprint density at radius 2 is 1.93 bits per heavy atom.